The summed E-state index contributed by atoms with van der Waals surface area (Å²) in [5.74, 6) is -0.864. The average Bonchev–Trinajstić information content (AvgIpc) is 2.71. The van der Waals surface area contributed by atoms with E-state index in [1.807, 2.05) is 11.9 Å². The average molecular weight is 342 g/mol. The van der Waals surface area contributed by atoms with Crippen LogP contribution in [-0.4, -0.2) is 61.4 Å². The van der Waals surface area contributed by atoms with Gasteiger partial charge in [0.1, 0.15) is 5.82 Å². The van der Waals surface area contributed by atoms with Crippen molar-refractivity contribution in [3.63, 3.8) is 0 Å². The Morgan fingerprint density at radius 2 is 2.04 bits per heavy atom. The predicted octanol–water partition coefficient (Wildman–Crippen LogP) is 1.76. The van der Waals surface area contributed by atoms with Gasteiger partial charge < -0.3 is 15.1 Å². The fraction of sp³-hybridized carbons (Fsp3) is 0.500. The number of hydrogen-bond donors (Lipinski definition) is 1. The van der Waals surface area contributed by atoms with E-state index in [2.05, 4.69) is 10.2 Å². The molecule has 1 fully saturated rings. The summed E-state index contributed by atoms with van der Waals surface area (Å²) in [7, 11) is 2.04. The molecule has 1 saturated heterocycles. The zero-order chi connectivity index (χ0) is 16.8. The summed E-state index contributed by atoms with van der Waals surface area (Å²) in [5, 5.41) is 2.71. The fourth-order valence-electron chi connectivity index (χ4n) is 2.51. The molecule has 1 aliphatic rings. The first-order chi connectivity index (χ1) is 11.0. The van der Waals surface area contributed by atoms with Crippen molar-refractivity contribution >= 4 is 23.4 Å². The molecule has 0 unspecified atom stereocenters. The van der Waals surface area contributed by atoms with Crippen LogP contribution in [0.5, 0.6) is 0 Å². The number of rotatable bonds is 4. The molecule has 2 amide bonds. The van der Waals surface area contributed by atoms with Gasteiger partial charge in [-0.25, -0.2) is 4.39 Å². The normalized spacial score (nSPS) is 16.0. The standard InChI is InChI=1S/C16H21ClFN3O2/c1-20-7-2-8-21(10-9-20)15(22)5-6-19-16(23)13-4-3-12(18)11-14(13)17/h3-4,11H,2,5-10H2,1H3,(H,19,23). The van der Waals surface area contributed by atoms with Crippen LogP contribution in [0, 0.1) is 5.82 Å². The van der Waals surface area contributed by atoms with E-state index < -0.39 is 11.7 Å². The molecule has 0 atom stereocenters. The SMILES string of the molecule is CN1CCCN(C(=O)CCNC(=O)c2ccc(F)cc2Cl)CC1. The van der Waals surface area contributed by atoms with Crippen molar-refractivity contribution in [1.82, 2.24) is 15.1 Å². The van der Waals surface area contributed by atoms with Crippen LogP contribution in [0.25, 0.3) is 0 Å². The molecule has 5 nitrogen and oxygen atoms in total. The van der Waals surface area contributed by atoms with E-state index in [1.54, 1.807) is 0 Å². The van der Waals surface area contributed by atoms with Crippen molar-refractivity contribution < 1.29 is 14.0 Å². The number of benzene rings is 1. The Morgan fingerprint density at radius 1 is 1.26 bits per heavy atom. The highest BCUT2D eigenvalue weighted by atomic mass is 35.5. The van der Waals surface area contributed by atoms with E-state index in [9.17, 15) is 14.0 Å². The Balaban J connectivity index is 1.79. The van der Waals surface area contributed by atoms with Crippen molar-refractivity contribution in [2.75, 3.05) is 39.8 Å². The highest BCUT2D eigenvalue weighted by Gasteiger charge is 2.17. The summed E-state index contributed by atoms with van der Waals surface area (Å²) in [4.78, 5) is 28.2. The zero-order valence-corrected chi connectivity index (χ0v) is 13.9. The van der Waals surface area contributed by atoms with Gasteiger partial charge in [-0.3, -0.25) is 9.59 Å². The Hall–Kier alpha value is -1.66. The van der Waals surface area contributed by atoms with Crippen LogP contribution in [0.4, 0.5) is 4.39 Å². The summed E-state index contributed by atoms with van der Waals surface area (Å²) >= 11 is 5.84. The molecule has 2 rings (SSSR count). The number of halogens is 2. The van der Waals surface area contributed by atoms with Crippen molar-refractivity contribution in [2.24, 2.45) is 0 Å². The molecule has 0 aromatic heterocycles. The maximum atomic E-state index is 13.0. The Morgan fingerprint density at radius 3 is 2.78 bits per heavy atom. The second-order valence-electron chi connectivity index (χ2n) is 5.67. The van der Waals surface area contributed by atoms with E-state index in [-0.39, 0.29) is 29.5 Å². The topological polar surface area (TPSA) is 52.6 Å². The van der Waals surface area contributed by atoms with E-state index in [1.165, 1.54) is 12.1 Å². The monoisotopic (exact) mass is 341 g/mol. The second kappa shape index (κ2) is 8.26. The van der Waals surface area contributed by atoms with Gasteiger partial charge in [0, 0.05) is 32.6 Å². The molecular formula is C16H21ClFN3O2. The molecule has 0 spiro atoms. The van der Waals surface area contributed by atoms with Gasteiger partial charge >= 0.3 is 0 Å². The predicted molar refractivity (Wildman–Crippen MR) is 87.1 cm³/mol. The molecule has 1 aromatic carbocycles. The third-order valence-electron chi connectivity index (χ3n) is 3.87. The van der Waals surface area contributed by atoms with Crippen LogP contribution in [-0.2, 0) is 4.79 Å². The number of hydrogen-bond acceptors (Lipinski definition) is 3. The van der Waals surface area contributed by atoms with E-state index in [0.717, 1.165) is 32.1 Å². The Bertz CT molecular complexity index is 582. The molecule has 1 N–H and O–H groups in total. The van der Waals surface area contributed by atoms with Crippen LogP contribution in [0.2, 0.25) is 5.02 Å². The number of nitrogens with zero attached hydrogens (tertiary/aromatic N) is 2. The molecule has 0 saturated carbocycles. The lowest BCUT2D eigenvalue weighted by Crippen LogP contribution is -2.37. The summed E-state index contributed by atoms with van der Waals surface area (Å²) in [5.41, 5.74) is 0.205. The van der Waals surface area contributed by atoms with Gasteiger partial charge in [-0.1, -0.05) is 11.6 Å². The number of carbonyl (C=O) groups excluding carboxylic acids is 2. The smallest absolute Gasteiger partial charge is 0.252 e. The highest BCUT2D eigenvalue weighted by Crippen LogP contribution is 2.16. The van der Waals surface area contributed by atoms with Gasteiger partial charge in [-0.2, -0.15) is 0 Å². The van der Waals surface area contributed by atoms with Crippen LogP contribution in [0.3, 0.4) is 0 Å². The van der Waals surface area contributed by atoms with E-state index >= 15 is 0 Å². The maximum Gasteiger partial charge on any atom is 0.252 e. The third-order valence-corrected chi connectivity index (χ3v) is 4.19. The van der Waals surface area contributed by atoms with Crippen LogP contribution >= 0.6 is 11.6 Å². The second-order valence-corrected chi connectivity index (χ2v) is 6.07. The first kappa shape index (κ1) is 17.7. The van der Waals surface area contributed by atoms with Crippen LogP contribution in [0.15, 0.2) is 18.2 Å². The third kappa shape index (κ3) is 5.18. The quantitative estimate of drug-likeness (QED) is 0.908. The highest BCUT2D eigenvalue weighted by molar-refractivity contribution is 6.33. The molecule has 1 aromatic rings. The van der Waals surface area contributed by atoms with Gasteiger partial charge in [0.15, 0.2) is 0 Å². The van der Waals surface area contributed by atoms with Crippen molar-refractivity contribution in [2.45, 2.75) is 12.8 Å². The zero-order valence-electron chi connectivity index (χ0n) is 13.1. The van der Waals surface area contributed by atoms with Gasteiger partial charge in [0.05, 0.1) is 10.6 Å². The van der Waals surface area contributed by atoms with Crippen molar-refractivity contribution in [3.8, 4) is 0 Å². The Labute approximate surface area is 140 Å². The molecule has 1 heterocycles. The fourth-order valence-corrected chi connectivity index (χ4v) is 2.76. The van der Waals surface area contributed by atoms with E-state index in [4.69, 9.17) is 11.6 Å². The summed E-state index contributed by atoms with van der Waals surface area (Å²) in [6.07, 6.45) is 1.20. The van der Waals surface area contributed by atoms with Gasteiger partial charge in [0.25, 0.3) is 5.91 Å². The summed E-state index contributed by atoms with van der Waals surface area (Å²) in [6, 6.07) is 3.61. The Kier molecular flexibility index (Phi) is 6.36. The number of likely N-dealkylation sites (N-methyl/N-ethyl adjacent to an activating group) is 1. The molecule has 126 valence electrons. The largest absolute Gasteiger partial charge is 0.351 e. The van der Waals surface area contributed by atoms with Gasteiger partial charge in [-0.15, -0.1) is 0 Å². The number of carbonyl (C=O) groups is 2. The van der Waals surface area contributed by atoms with Gasteiger partial charge in [0.2, 0.25) is 5.91 Å². The molecule has 0 aliphatic carbocycles. The number of nitrogens with one attached hydrogen (secondary N) is 1. The summed E-state index contributed by atoms with van der Waals surface area (Å²) < 4.78 is 13.0. The van der Waals surface area contributed by atoms with Crippen molar-refractivity contribution in [1.29, 1.82) is 0 Å². The lowest BCUT2D eigenvalue weighted by atomic mass is 10.2. The van der Waals surface area contributed by atoms with Crippen LogP contribution in [0.1, 0.15) is 23.2 Å². The van der Waals surface area contributed by atoms with Crippen molar-refractivity contribution in [3.05, 3.63) is 34.6 Å². The summed E-state index contributed by atoms with van der Waals surface area (Å²) in [6.45, 7) is 3.55. The molecular weight excluding hydrogens is 321 g/mol. The molecule has 7 heteroatoms. The minimum absolute atomic E-state index is 0.0332. The minimum atomic E-state index is -0.493. The molecule has 23 heavy (non-hydrogen) atoms. The van der Waals surface area contributed by atoms with Crippen LogP contribution < -0.4 is 5.32 Å². The maximum absolute atomic E-state index is 13.0. The van der Waals surface area contributed by atoms with E-state index in [0.29, 0.717) is 6.54 Å². The number of amides is 2. The lowest BCUT2D eigenvalue weighted by Gasteiger charge is -2.20. The lowest BCUT2D eigenvalue weighted by molar-refractivity contribution is -0.130. The first-order valence-corrected chi connectivity index (χ1v) is 8.05. The molecule has 0 bridgehead atoms. The molecule has 0 radical (unpaired) electrons. The van der Waals surface area contributed by atoms with Gasteiger partial charge in [-0.05, 0) is 38.2 Å². The molecule has 1 aliphatic heterocycles. The minimum Gasteiger partial charge on any atom is -0.351 e. The first-order valence-electron chi connectivity index (χ1n) is 7.67.